The Hall–Kier alpha value is -2.28. The van der Waals surface area contributed by atoms with Gasteiger partial charge in [-0.25, -0.2) is 9.69 Å². The van der Waals surface area contributed by atoms with E-state index in [1.165, 1.54) is 9.80 Å². The maximum atomic E-state index is 13.1. The summed E-state index contributed by atoms with van der Waals surface area (Å²) in [6.07, 6.45) is 3.87. The largest absolute Gasteiger partial charge is 0.506 e. The highest BCUT2D eigenvalue weighted by atomic mass is 16.3. The minimum absolute atomic E-state index is 0.0321. The van der Waals surface area contributed by atoms with Gasteiger partial charge in [0.25, 0.3) is 5.91 Å². The van der Waals surface area contributed by atoms with Gasteiger partial charge in [-0.05, 0) is 30.9 Å². The van der Waals surface area contributed by atoms with Gasteiger partial charge in [-0.1, -0.05) is 31.9 Å². The molecule has 146 valence electrons. The number of nitrogens with zero attached hydrogens (tertiary/aromatic N) is 2. The minimum Gasteiger partial charge on any atom is -0.506 e. The van der Waals surface area contributed by atoms with Crippen LogP contribution in [0.4, 0.5) is 10.5 Å². The van der Waals surface area contributed by atoms with Crippen molar-refractivity contribution >= 4 is 17.6 Å². The summed E-state index contributed by atoms with van der Waals surface area (Å²) in [5.74, 6) is 0.458. The summed E-state index contributed by atoms with van der Waals surface area (Å²) in [6.45, 7) is 5.74. The highest BCUT2D eigenvalue weighted by molar-refractivity contribution is 6.07. The number of quaternary nitrogens is 1. The molecule has 1 spiro atoms. The number of carbonyl (C=O) groups excluding carboxylic acids is 2. The molecule has 0 unspecified atom stereocenters. The first-order valence-corrected chi connectivity index (χ1v) is 10.0. The number of anilines is 1. The first-order chi connectivity index (χ1) is 13.0. The van der Waals surface area contributed by atoms with Crippen molar-refractivity contribution in [1.29, 1.82) is 0 Å². The van der Waals surface area contributed by atoms with Crippen molar-refractivity contribution in [3.05, 3.63) is 24.3 Å². The first kappa shape index (κ1) is 18.1. The molecule has 1 aromatic rings. The number of benzene rings is 1. The second-order valence-corrected chi connectivity index (χ2v) is 8.17. The fourth-order valence-corrected chi connectivity index (χ4v) is 4.82. The summed E-state index contributed by atoms with van der Waals surface area (Å²) in [7, 11) is 0. The predicted molar refractivity (Wildman–Crippen MR) is 102 cm³/mol. The van der Waals surface area contributed by atoms with Gasteiger partial charge in [-0.3, -0.25) is 4.79 Å². The van der Waals surface area contributed by atoms with Crippen LogP contribution in [-0.2, 0) is 4.79 Å². The number of phenolic OH excluding ortho intramolecular Hbond substituents is 1. The second kappa shape index (κ2) is 7.03. The number of rotatable bonds is 3. The standard InChI is InChI=1S/C20H28N4O3/c1-15-6-4-5-9-20(15)18(26)24(19(27)21-20)14-22-10-12-23(13-11-22)16-7-2-3-8-17(16)25/h2-3,7-8,15,25H,4-6,9-14H2,1H3,(H,21,27)/p+1/t15-,20+/m1/s1. The third-order valence-electron chi connectivity index (χ3n) is 6.58. The maximum absolute atomic E-state index is 13.1. The molecule has 1 aromatic carbocycles. The molecule has 0 bridgehead atoms. The molecule has 2 atom stereocenters. The maximum Gasteiger partial charge on any atom is 0.329 e. The highest BCUT2D eigenvalue weighted by Gasteiger charge is 2.55. The smallest absolute Gasteiger partial charge is 0.329 e. The van der Waals surface area contributed by atoms with Gasteiger partial charge in [0.15, 0.2) is 6.67 Å². The molecule has 0 radical (unpaired) electrons. The van der Waals surface area contributed by atoms with E-state index in [4.69, 9.17) is 0 Å². The molecular weight excluding hydrogens is 344 g/mol. The fraction of sp³-hybridized carbons (Fsp3) is 0.600. The van der Waals surface area contributed by atoms with Gasteiger partial charge in [-0.2, -0.15) is 0 Å². The van der Waals surface area contributed by atoms with Gasteiger partial charge in [0.2, 0.25) is 0 Å². The average molecular weight is 373 g/mol. The van der Waals surface area contributed by atoms with Crippen molar-refractivity contribution in [2.45, 2.75) is 38.1 Å². The highest BCUT2D eigenvalue weighted by Crippen LogP contribution is 2.37. The molecule has 3 fully saturated rings. The third-order valence-corrected chi connectivity index (χ3v) is 6.58. The Morgan fingerprint density at radius 1 is 1.22 bits per heavy atom. The molecule has 27 heavy (non-hydrogen) atoms. The number of para-hydroxylation sites is 2. The lowest BCUT2D eigenvalue weighted by molar-refractivity contribution is -0.907. The van der Waals surface area contributed by atoms with E-state index in [2.05, 4.69) is 17.1 Å². The van der Waals surface area contributed by atoms with Gasteiger partial charge in [0, 0.05) is 0 Å². The van der Waals surface area contributed by atoms with Gasteiger partial charge >= 0.3 is 6.03 Å². The zero-order valence-corrected chi connectivity index (χ0v) is 15.9. The van der Waals surface area contributed by atoms with Crippen molar-refractivity contribution in [3.63, 3.8) is 0 Å². The first-order valence-electron chi connectivity index (χ1n) is 10.0. The van der Waals surface area contributed by atoms with Gasteiger partial charge < -0.3 is 20.2 Å². The minimum atomic E-state index is -0.674. The molecule has 7 nitrogen and oxygen atoms in total. The number of carbonyl (C=O) groups is 2. The second-order valence-electron chi connectivity index (χ2n) is 8.17. The summed E-state index contributed by atoms with van der Waals surface area (Å²) >= 11 is 0. The number of amides is 3. The van der Waals surface area contributed by atoms with Crippen molar-refractivity contribution in [3.8, 4) is 5.75 Å². The van der Waals surface area contributed by atoms with E-state index >= 15 is 0 Å². The van der Waals surface area contributed by atoms with Crippen LogP contribution in [0.2, 0.25) is 0 Å². The lowest BCUT2D eigenvalue weighted by atomic mass is 9.73. The molecule has 4 rings (SSSR count). The third kappa shape index (κ3) is 3.14. The summed E-state index contributed by atoms with van der Waals surface area (Å²) in [5.41, 5.74) is 0.174. The normalized spacial score (nSPS) is 29.4. The van der Waals surface area contributed by atoms with Crippen LogP contribution < -0.4 is 15.1 Å². The number of imide groups is 1. The Balaban J connectivity index is 1.38. The number of urea groups is 1. The number of hydrogen-bond acceptors (Lipinski definition) is 4. The van der Waals surface area contributed by atoms with Gasteiger partial charge in [0.05, 0.1) is 31.9 Å². The van der Waals surface area contributed by atoms with E-state index in [1.807, 2.05) is 18.2 Å². The van der Waals surface area contributed by atoms with Crippen LogP contribution in [-0.4, -0.2) is 60.3 Å². The van der Waals surface area contributed by atoms with Crippen LogP contribution in [0, 0.1) is 5.92 Å². The molecule has 0 aromatic heterocycles. The number of hydrogen-bond donors (Lipinski definition) is 3. The molecule has 7 heteroatoms. The van der Waals surface area contributed by atoms with Crippen LogP contribution in [0.15, 0.2) is 24.3 Å². The van der Waals surface area contributed by atoms with Crippen LogP contribution in [0.25, 0.3) is 0 Å². The number of nitrogens with one attached hydrogen (secondary N) is 2. The summed E-state index contributed by atoms with van der Waals surface area (Å²) in [5, 5.41) is 13.1. The van der Waals surface area contributed by atoms with Crippen molar-refractivity contribution in [2.75, 3.05) is 37.7 Å². The number of aromatic hydroxyl groups is 1. The van der Waals surface area contributed by atoms with Crippen LogP contribution in [0.1, 0.15) is 32.6 Å². The molecule has 1 saturated carbocycles. The Labute approximate surface area is 159 Å². The van der Waals surface area contributed by atoms with Crippen molar-refractivity contribution in [2.24, 2.45) is 5.92 Å². The number of piperazine rings is 1. The molecule has 3 aliphatic rings. The molecule has 2 saturated heterocycles. The number of phenols is 1. The van der Waals surface area contributed by atoms with Gasteiger partial charge in [-0.15, -0.1) is 0 Å². The Bertz CT molecular complexity index is 732. The average Bonchev–Trinajstić information content (AvgIpc) is 2.90. The molecule has 2 heterocycles. The van der Waals surface area contributed by atoms with E-state index in [1.54, 1.807) is 6.07 Å². The summed E-state index contributed by atoms with van der Waals surface area (Å²) < 4.78 is 0. The molecule has 3 N–H and O–H groups in total. The zero-order chi connectivity index (χ0) is 19.0. The topological polar surface area (TPSA) is 77.3 Å². The Morgan fingerprint density at radius 2 is 1.96 bits per heavy atom. The van der Waals surface area contributed by atoms with E-state index < -0.39 is 5.54 Å². The van der Waals surface area contributed by atoms with Crippen LogP contribution in [0.3, 0.4) is 0 Å². The SMILES string of the molecule is C[C@@H]1CCCC[C@]12NC(=O)N(C[NH+]1CCN(c3ccccc3O)CC1)C2=O. The van der Waals surface area contributed by atoms with E-state index in [9.17, 15) is 14.7 Å². The van der Waals surface area contributed by atoms with Crippen LogP contribution >= 0.6 is 0 Å². The monoisotopic (exact) mass is 373 g/mol. The fourth-order valence-electron chi connectivity index (χ4n) is 4.82. The lowest BCUT2D eigenvalue weighted by Gasteiger charge is -2.37. The quantitative estimate of drug-likeness (QED) is 0.677. The Morgan fingerprint density at radius 3 is 2.67 bits per heavy atom. The van der Waals surface area contributed by atoms with Gasteiger partial charge in [0.1, 0.15) is 11.3 Å². The summed E-state index contributed by atoms with van der Waals surface area (Å²) in [6, 6.07) is 7.13. The molecular formula is C20H29N4O3+. The zero-order valence-electron chi connectivity index (χ0n) is 15.9. The van der Waals surface area contributed by atoms with E-state index in [0.717, 1.165) is 57.5 Å². The summed E-state index contributed by atoms with van der Waals surface area (Å²) in [4.78, 5) is 30.5. The lowest BCUT2D eigenvalue weighted by Crippen LogP contribution is -3.16. The van der Waals surface area contributed by atoms with E-state index in [0.29, 0.717) is 12.4 Å². The van der Waals surface area contributed by atoms with Crippen molar-refractivity contribution in [1.82, 2.24) is 10.2 Å². The van der Waals surface area contributed by atoms with Crippen molar-refractivity contribution < 1.29 is 19.6 Å². The molecule has 1 aliphatic carbocycles. The van der Waals surface area contributed by atoms with Crippen LogP contribution in [0.5, 0.6) is 5.75 Å². The molecule has 3 amide bonds. The van der Waals surface area contributed by atoms with E-state index in [-0.39, 0.29) is 17.9 Å². The Kier molecular flexibility index (Phi) is 4.72. The predicted octanol–water partition coefficient (Wildman–Crippen LogP) is 0.555. The molecule has 2 aliphatic heterocycles.